The summed E-state index contributed by atoms with van der Waals surface area (Å²) < 4.78 is 18.6. The maximum Gasteiger partial charge on any atom is 0.238 e. The summed E-state index contributed by atoms with van der Waals surface area (Å²) >= 11 is 0. The highest BCUT2D eigenvalue weighted by Gasteiger charge is 2.19. The molecule has 2 N–H and O–H groups in total. The highest BCUT2D eigenvalue weighted by molar-refractivity contribution is 5.92. The first kappa shape index (κ1) is 16.2. The molecular weight excluding hydrogens is 285 g/mol. The van der Waals surface area contributed by atoms with Crippen LogP contribution in [0.4, 0.5) is 10.1 Å². The monoisotopic (exact) mass is 305 g/mol. The average Bonchev–Trinajstić information content (AvgIpc) is 2.82. The molecule has 2 rings (SSSR count). The van der Waals surface area contributed by atoms with E-state index in [1.165, 1.54) is 12.1 Å². The zero-order chi connectivity index (χ0) is 16.1. The Hall–Kier alpha value is -2.21. The number of amides is 1. The number of para-hydroxylation sites is 1. The molecule has 0 unspecified atom stereocenters. The number of hydrogen-bond donors (Lipinski definition) is 2. The fraction of sp³-hybridized carbons (Fsp3) is 0.375. The van der Waals surface area contributed by atoms with Crippen LogP contribution in [0.15, 0.2) is 28.8 Å². The number of nitrogens with zero attached hydrogens (tertiary/aromatic N) is 1. The molecule has 6 heteroatoms. The van der Waals surface area contributed by atoms with Gasteiger partial charge in [0.05, 0.1) is 17.9 Å². The number of carbonyl (C=O) groups excluding carboxylic acids is 1. The smallest absolute Gasteiger partial charge is 0.238 e. The molecule has 2 aromatic rings. The molecule has 1 aromatic heterocycles. The number of nitrogens with one attached hydrogen (secondary N) is 2. The van der Waals surface area contributed by atoms with Crippen molar-refractivity contribution in [1.29, 1.82) is 0 Å². The van der Waals surface area contributed by atoms with Crippen LogP contribution in [0.5, 0.6) is 0 Å². The fourth-order valence-corrected chi connectivity index (χ4v) is 2.41. The summed E-state index contributed by atoms with van der Waals surface area (Å²) in [5.74, 6) is -0.00436. The van der Waals surface area contributed by atoms with E-state index in [1.54, 1.807) is 12.1 Å². The number of rotatable bonds is 6. The molecule has 0 fully saturated rings. The lowest BCUT2D eigenvalue weighted by Gasteiger charge is -2.16. The summed E-state index contributed by atoms with van der Waals surface area (Å²) in [6.45, 7) is 5.81. The summed E-state index contributed by atoms with van der Waals surface area (Å²) in [5, 5.41) is 9.63. The lowest BCUT2D eigenvalue weighted by molar-refractivity contribution is -0.115. The Balaban J connectivity index is 1.96. The fourth-order valence-electron chi connectivity index (χ4n) is 2.41. The molecule has 0 aliphatic carbocycles. The number of halogens is 1. The van der Waals surface area contributed by atoms with Gasteiger partial charge in [-0.05, 0) is 32.4 Å². The van der Waals surface area contributed by atoms with Crippen molar-refractivity contribution in [2.45, 2.75) is 33.2 Å². The highest BCUT2D eigenvalue weighted by atomic mass is 19.1. The summed E-state index contributed by atoms with van der Waals surface area (Å²) in [5.41, 5.74) is 1.97. The molecule has 1 amide bonds. The Morgan fingerprint density at radius 3 is 2.68 bits per heavy atom. The standard InChI is InChI=1S/C16H20FN3O2/c1-4-13(16-10(2)20-22-11(16)3)18-9-15(21)19-14-8-6-5-7-12(14)17/h5-8,13,18H,4,9H2,1-3H3,(H,19,21)/t13-/m0/s1. The van der Waals surface area contributed by atoms with Gasteiger partial charge in [0.2, 0.25) is 5.91 Å². The minimum atomic E-state index is -0.450. The van der Waals surface area contributed by atoms with E-state index in [0.717, 1.165) is 23.4 Å². The second-order valence-electron chi connectivity index (χ2n) is 5.11. The van der Waals surface area contributed by atoms with Crippen molar-refractivity contribution in [2.24, 2.45) is 0 Å². The molecular formula is C16H20FN3O2. The third-order valence-corrected chi connectivity index (χ3v) is 3.50. The predicted molar refractivity (Wildman–Crippen MR) is 82.0 cm³/mol. The van der Waals surface area contributed by atoms with Crippen molar-refractivity contribution in [3.63, 3.8) is 0 Å². The Kier molecular flexibility index (Phi) is 5.27. The van der Waals surface area contributed by atoms with Crippen LogP contribution in [0, 0.1) is 19.7 Å². The van der Waals surface area contributed by atoms with Crippen molar-refractivity contribution in [1.82, 2.24) is 10.5 Å². The topological polar surface area (TPSA) is 67.2 Å². The van der Waals surface area contributed by atoms with Gasteiger partial charge in [-0.25, -0.2) is 4.39 Å². The van der Waals surface area contributed by atoms with Crippen LogP contribution in [-0.4, -0.2) is 17.6 Å². The number of benzene rings is 1. The quantitative estimate of drug-likeness (QED) is 0.860. The van der Waals surface area contributed by atoms with E-state index in [9.17, 15) is 9.18 Å². The van der Waals surface area contributed by atoms with Gasteiger partial charge in [0.1, 0.15) is 11.6 Å². The van der Waals surface area contributed by atoms with Crippen molar-refractivity contribution in [3.05, 3.63) is 47.1 Å². The molecule has 1 aromatic carbocycles. The van der Waals surface area contributed by atoms with E-state index in [-0.39, 0.29) is 24.2 Å². The largest absolute Gasteiger partial charge is 0.361 e. The van der Waals surface area contributed by atoms with Crippen LogP contribution < -0.4 is 10.6 Å². The number of aryl methyl sites for hydroxylation is 2. The third-order valence-electron chi connectivity index (χ3n) is 3.50. The van der Waals surface area contributed by atoms with Gasteiger partial charge in [-0.3, -0.25) is 4.79 Å². The molecule has 118 valence electrons. The summed E-state index contributed by atoms with van der Waals surface area (Å²) in [4.78, 5) is 11.9. The van der Waals surface area contributed by atoms with Gasteiger partial charge in [-0.15, -0.1) is 0 Å². The number of carbonyl (C=O) groups is 1. The van der Waals surface area contributed by atoms with E-state index in [2.05, 4.69) is 15.8 Å². The van der Waals surface area contributed by atoms with Crippen LogP contribution in [0.1, 0.15) is 36.4 Å². The Bertz CT molecular complexity index is 635. The lowest BCUT2D eigenvalue weighted by Crippen LogP contribution is -2.31. The zero-order valence-electron chi connectivity index (χ0n) is 12.9. The Labute approximate surface area is 128 Å². The highest BCUT2D eigenvalue weighted by Crippen LogP contribution is 2.23. The van der Waals surface area contributed by atoms with Gasteiger partial charge in [0.15, 0.2) is 0 Å². The first-order valence-corrected chi connectivity index (χ1v) is 7.23. The van der Waals surface area contributed by atoms with Crippen LogP contribution in [-0.2, 0) is 4.79 Å². The molecule has 0 bridgehead atoms. The predicted octanol–water partition coefficient (Wildman–Crippen LogP) is 3.11. The molecule has 22 heavy (non-hydrogen) atoms. The first-order valence-electron chi connectivity index (χ1n) is 7.23. The first-order chi connectivity index (χ1) is 10.5. The summed E-state index contributed by atoms with van der Waals surface area (Å²) in [6, 6.07) is 6.05. The van der Waals surface area contributed by atoms with Crippen molar-refractivity contribution in [2.75, 3.05) is 11.9 Å². The van der Waals surface area contributed by atoms with E-state index in [1.807, 2.05) is 20.8 Å². The van der Waals surface area contributed by atoms with Gasteiger partial charge in [-0.2, -0.15) is 0 Å². The number of anilines is 1. The zero-order valence-corrected chi connectivity index (χ0v) is 12.9. The second kappa shape index (κ2) is 7.17. The molecule has 0 saturated carbocycles. The van der Waals surface area contributed by atoms with Crippen molar-refractivity contribution in [3.8, 4) is 0 Å². The molecule has 1 heterocycles. The Morgan fingerprint density at radius 2 is 2.09 bits per heavy atom. The number of hydrogen-bond acceptors (Lipinski definition) is 4. The molecule has 0 aliphatic heterocycles. The average molecular weight is 305 g/mol. The molecule has 0 spiro atoms. The van der Waals surface area contributed by atoms with Crippen LogP contribution in [0.25, 0.3) is 0 Å². The van der Waals surface area contributed by atoms with Crippen LogP contribution >= 0.6 is 0 Å². The summed E-state index contributed by atoms with van der Waals surface area (Å²) in [6.07, 6.45) is 0.788. The van der Waals surface area contributed by atoms with E-state index in [0.29, 0.717) is 0 Å². The SMILES string of the molecule is CC[C@H](NCC(=O)Nc1ccccc1F)c1c(C)noc1C. The van der Waals surface area contributed by atoms with Gasteiger partial charge >= 0.3 is 0 Å². The van der Waals surface area contributed by atoms with E-state index < -0.39 is 5.82 Å². The lowest BCUT2D eigenvalue weighted by atomic mass is 10.0. The van der Waals surface area contributed by atoms with Crippen LogP contribution in [0.2, 0.25) is 0 Å². The molecule has 0 aliphatic rings. The molecule has 0 saturated heterocycles. The second-order valence-corrected chi connectivity index (χ2v) is 5.11. The van der Waals surface area contributed by atoms with E-state index in [4.69, 9.17) is 4.52 Å². The Morgan fingerprint density at radius 1 is 1.36 bits per heavy atom. The summed E-state index contributed by atoms with van der Waals surface area (Å²) in [7, 11) is 0. The minimum Gasteiger partial charge on any atom is -0.361 e. The van der Waals surface area contributed by atoms with Gasteiger partial charge in [0, 0.05) is 11.6 Å². The van der Waals surface area contributed by atoms with Crippen molar-refractivity contribution >= 4 is 11.6 Å². The maximum absolute atomic E-state index is 13.5. The molecule has 1 atom stereocenters. The van der Waals surface area contributed by atoms with E-state index >= 15 is 0 Å². The molecule has 5 nitrogen and oxygen atoms in total. The normalized spacial score (nSPS) is 12.2. The van der Waals surface area contributed by atoms with Gasteiger partial charge < -0.3 is 15.2 Å². The minimum absolute atomic E-state index is 0.0300. The maximum atomic E-state index is 13.5. The molecule has 0 radical (unpaired) electrons. The van der Waals surface area contributed by atoms with Crippen LogP contribution in [0.3, 0.4) is 0 Å². The van der Waals surface area contributed by atoms with Crippen molar-refractivity contribution < 1.29 is 13.7 Å². The van der Waals surface area contributed by atoms with Gasteiger partial charge in [0.25, 0.3) is 0 Å². The van der Waals surface area contributed by atoms with Gasteiger partial charge in [-0.1, -0.05) is 24.2 Å². The number of aromatic nitrogens is 1. The third kappa shape index (κ3) is 3.71.